The van der Waals surface area contributed by atoms with E-state index < -0.39 is 0 Å². The molecule has 1 saturated carbocycles. The van der Waals surface area contributed by atoms with Gasteiger partial charge in [-0.2, -0.15) is 0 Å². The first kappa shape index (κ1) is 14.5. The Morgan fingerprint density at radius 1 is 1.06 bits per heavy atom. The Kier molecular flexibility index (Phi) is 6.98. The van der Waals surface area contributed by atoms with E-state index in [4.69, 9.17) is 0 Å². The van der Waals surface area contributed by atoms with Gasteiger partial charge in [-0.1, -0.05) is 55.5 Å². The molecule has 1 rings (SSSR count). The monoisotopic (exact) mass is 289 g/mol. The van der Waals surface area contributed by atoms with Crippen LogP contribution in [0, 0.1) is 5.41 Å². The fraction of sp³-hybridized carbons (Fsp3) is 1.00. The van der Waals surface area contributed by atoms with Crippen LogP contribution in [0.1, 0.15) is 58.8 Å². The van der Waals surface area contributed by atoms with Crippen molar-refractivity contribution < 1.29 is 0 Å². The molecule has 0 aliphatic heterocycles. The van der Waals surface area contributed by atoms with Crippen molar-refractivity contribution in [3.63, 3.8) is 0 Å². The molecule has 1 aliphatic carbocycles. The Morgan fingerprint density at radius 3 is 2.12 bits per heavy atom. The Hall–Kier alpha value is 0.440. The fourth-order valence-electron chi connectivity index (χ4n) is 2.95. The first-order valence-electron chi connectivity index (χ1n) is 7.04. The minimum absolute atomic E-state index is 0.571. The summed E-state index contributed by atoms with van der Waals surface area (Å²) in [4.78, 5) is 2.65. The second-order valence-corrected chi connectivity index (χ2v) is 5.98. The van der Waals surface area contributed by atoms with E-state index in [0.29, 0.717) is 5.41 Å². The molecule has 16 heavy (non-hydrogen) atoms. The first-order valence-corrected chi connectivity index (χ1v) is 8.17. The highest BCUT2D eigenvalue weighted by atomic mass is 79.9. The fourth-order valence-corrected chi connectivity index (χ4v) is 3.69. The second-order valence-electron chi connectivity index (χ2n) is 5.42. The highest BCUT2D eigenvalue weighted by molar-refractivity contribution is 9.09. The lowest BCUT2D eigenvalue weighted by atomic mass is 9.82. The highest BCUT2D eigenvalue weighted by Gasteiger charge is 2.31. The van der Waals surface area contributed by atoms with Crippen LogP contribution in [0.2, 0.25) is 0 Å². The third-order valence-electron chi connectivity index (χ3n) is 3.99. The summed E-state index contributed by atoms with van der Waals surface area (Å²) in [6.07, 6.45) is 9.93. The summed E-state index contributed by atoms with van der Waals surface area (Å²) in [5.41, 5.74) is 0.571. The van der Waals surface area contributed by atoms with Crippen LogP contribution in [-0.4, -0.2) is 29.9 Å². The van der Waals surface area contributed by atoms with Gasteiger partial charge in [-0.05, 0) is 37.8 Å². The Balaban J connectivity index is 2.55. The van der Waals surface area contributed by atoms with Crippen LogP contribution in [0.15, 0.2) is 0 Å². The molecule has 0 heterocycles. The maximum absolute atomic E-state index is 3.78. The van der Waals surface area contributed by atoms with Crippen LogP contribution in [0.25, 0.3) is 0 Å². The van der Waals surface area contributed by atoms with Gasteiger partial charge in [0.1, 0.15) is 0 Å². The number of alkyl halides is 1. The molecular weight excluding hydrogens is 262 g/mol. The van der Waals surface area contributed by atoms with E-state index in [1.807, 2.05) is 0 Å². The molecular formula is C14H28BrN. The molecule has 0 spiro atoms. The summed E-state index contributed by atoms with van der Waals surface area (Å²) >= 11 is 3.78. The summed E-state index contributed by atoms with van der Waals surface area (Å²) < 4.78 is 0. The zero-order chi connectivity index (χ0) is 11.9. The van der Waals surface area contributed by atoms with E-state index >= 15 is 0 Å². The zero-order valence-corrected chi connectivity index (χ0v) is 12.7. The molecule has 2 heteroatoms. The van der Waals surface area contributed by atoms with Crippen molar-refractivity contribution in [3.05, 3.63) is 0 Å². The lowest BCUT2D eigenvalue weighted by Gasteiger charge is -2.36. The van der Waals surface area contributed by atoms with Crippen molar-refractivity contribution in [1.29, 1.82) is 0 Å². The number of hydrogen-bond acceptors (Lipinski definition) is 1. The molecule has 0 bridgehead atoms. The molecule has 0 N–H and O–H groups in total. The van der Waals surface area contributed by atoms with Gasteiger partial charge < -0.3 is 4.90 Å². The lowest BCUT2D eigenvalue weighted by molar-refractivity contribution is 0.156. The molecule has 0 atom stereocenters. The van der Waals surface area contributed by atoms with Crippen molar-refractivity contribution >= 4 is 15.9 Å². The van der Waals surface area contributed by atoms with Crippen LogP contribution >= 0.6 is 15.9 Å². The smallest absolute Gasteiger partial charge is 0.0100 e. The SMILES string of the molecule is CCCN(CC)CC1(CBr)CCCCCC1. The third-order valence-corrected chi connectivity index (χ3v) is 5.18. The molecule has 0 unspecified atom stereocenters. The van der Waals surface area contributed by atoms with Crippen LogP contribution in [-0.2, 0) is 0 Å². The third kappa shape index (κ3) is 4.37. The van der Waals surface area contributed by atoms with Gasteiger partial charge in [0.05, 0.1) is 0 Å². The summed E-state index contributed by atoms with van der Waals surface area (Å²) in [5.74, 6) is 0. The number of hydrogen-bond donors (Lipinski definition) is 0. The minimum Gasteiger partial charge on any atom is -0.303 e. The highest BCUT2D eigenvalue weighted by Crippen LogP contribution is 2.37. The quantitative estimate of drug-likeness (QED) is 0.516. The van der Waals surface area contributed by atoms with E-state index in [1.54, 1.807) is 0 Å². The predicted octanol–water partition coefficient (Wildman–Crippen LogP) is 4.45. The molecule has 0 saturated heterocycles. The summed E-state index contributed by atoms with van der Waals surface area (Å²) in [5, 5.41) is 1.19. The Labute approximate surface area is 110 Å². The zero-order valence-electron chi connectivity index (χ0n) is 11.1. The van der Waals surface area contributed by atoms with Gasteiger partial charge in [-0.15, -0.1) is 0 Å². The number of rotatable bonds is 6. The van der Waals surface area contributed by atoms with Crippen molar-refractivity contribution in [2.75, 3.05) is 25.0 Å². The van der Waals surface area contributed by atoms with Gasteiger partial charge in [0.2, 0.25) is 0 Å². The van der Waals surface area contributed by atoms with Crippen LogP contribution < -0.4 is 0 Å². The van der Waals surface area contributed by atoms with E-state index in [-0.39, 0.29) is 0 Å². The van der Waals surface area contributed by atoms with Crippen molar-refractivity contribution in [1.82, 2.24) is 4.90 Å². The standard InChI is InChI=1S/C14H28BrN/c1-3-11-16(4-2)13-14(12-15)9-7-5-6-8-10-14/h3-13H2,1-2H3. The maximum atomic E-state index is 3.78. The van der Waals surface area contributed by atoms with Crippen LogP contribution in [0.3, 0.4) is 0 Å². The van der Waals surface area contributed by atoms with Crippen LogP contribution in [0.4, 0.5) is 0 Å². The average Bonchev–Trinajstić information content (AvgIpc) is 2.55. The topological polar surface area (TPSA) is 3.24 Å². The lowest BCUT2D eigenvalue weighted by Crippen LogP contribution is -2.39. The van der Waals surface area contributed by atoms with Crippen molar-refractivity contribution in [2.45, 2.75) is 58.8 Å². The Morgan fingerprint density at radius 2 is 1.69 bits per heavy atom. The van der Waals surface area contributed by atoms with E-state index in [1.165, 1.54) is 69.9 Å². The van der Waals surface area contributed by atoms with Crippen molar-refractivity contribution in [3.8, 4) is 0 Å². The molecule has 1 nitrogen and oxygen atoms in total. The predicted molar refractivity (Wildman–Crippen MR) is 76.3 cm³/mol. The average molecular weight is 290 g/mol. The molecule has 0 aromatic heterocycles. The van der Waals surface area contributed by atoms with Gasteiger partial charge in [-0.3, -0.25) is 0 Å². The molecule has 0 aromatic carbocycles. The first-order chi connectivity index (χ1) is 7.76. The van der Waals surface area contributed by atoms with E-state index in [0.717, 1.165) is 0 Å². The van der Waals surface area contributed by atoms with E-state index in [2.05, 4.69) is 34.7 Å². The molecule has 0 aromatic rings. The van der Waals surface area contributed by atoms with Gasteiger partial charge >= 0.3 is 0 Å². The van der Waals surface area contributed by atoms with Crippen LogP contribution in [0.5, 0.6) is 0 Å². The van der Waals surface area contributed by atoms with E-state index in [9.17, 15) is 0 Å². The van der Waals surface area contributed by atoms with Gasteiger partial charge in [0.25, 0.3) is 0 Å². The molecule has 0 radical (unpaired) electrons. The molecule has 0 amide bonds. The number of halogens is 1. The minimum atomic E-state index is 0.571. The van der Waals surface area contributed by atoms with Gasteiger partial charge in [0.15, 0.2) is 0 Å². The molecule has 96 valence electrons. The Bertz CT molecular complexity index is 174. The summed E-state index contributed by atoms with van der Waals surface area (Å²) in [7, 11) is 0. The van der Waals surface area contributed by atoms with Gasteiger partial charge in [0, 0.05) is 11.9 Å². The largest absolute Gasteiger partial charge is 0.303 e. The number of nitrogens with zero attached hydrogens (tertiary/aromatic N) is 1. The molecule has 1 fully saturated rings. The molecule has 1 aliphatic rings. The normalized spacial score (nSPS) is 21.0. The summed E-state index contributed by atoms with van der Waals surface area (Å²) in [6.45, 7) is 8.38. The van der Waals surface area contributed by atoms with Gasteiger partial charge in [-0.25, -0.2) is 0 Å². The van der Waals surface area contributed by atoms with Crippen molar-refractivity contribution in [2.24, 2.45) is 5.41 Å². The summed E-state index contributed by atoms with van der Waals surface area (Å²) in [6, 6.07) is 0. The second kappa shape index (κ2) is 7.71. The maximum Gasteiger partial charge on any atom is 0.0100 e.